The highest BCUT2D eigenvalue weighted by atomic mass is 35.5. The van der Waals surface area contributed by atoms with Gasteiger partial charge in [0.1, 0.15) is 29.1 Å². The number of rotatable bonds is 7. The van der Waals surface area contributed by atoms with Gasteiger partial charge in [0, 0.05) is 11.1 Å². The molecule has 0 aliphatic heterocycles. The van der Waals surface area contributed by atoms with Crippen LogP contribution < -0.4 is 26.0 Å². The first-order chi connectivity index (χ1) is 17.9. The number of hydrogen-bond acceptors (Lipinski definition) is 6. The van der Waals surface area contributed by atoms with Gasteiger partial charge in [0.15, 0.2) is 0 Å². The molecule has 0 bridgehead atoms. The minimum absolute atomic E-state index is 0.00500. The molecular weight excluding hydrogens is 498 g/mol. The Labute approximate surface area is 215 Å². The second-order valence-electron chi connectivity index (χ2n) is 8.28. The van der Waals surface area contributed by atoms with E-state index in [1.165, 1.54) is 11.7 Å². The van der Waals surface area contributed by atoms with E-state index >= 15 is 0 Å². The lowest BCUT2D eigenvalue weighted by molar-refractivity contribution is -0.116. The normalized spacial score (nSPS) is 11.1. The minimum atomic E-state index is -0.636. The summed E-state index contributed by atoms with van der Waals surface area (Å²) >= 11 is 6.17. The van der Waals surface area contributed by atoms with E-state index in [1.807, 2.05) is 0 Å². The SMILES string of the molecule is COc1ccc(Cn2c(=O)c3oc4ccccc4c3n(CC(=O)Nc3ccc(OC)c(Cl)c3)c2=O)cc1. The van der Waals surface area contributed by atoms with E-state index < -0.39 is 17.2 Å². The number of carbonyl (C=O) groups is 1. The number of nitrogens with zero attached hydrogens (tertiary/aromatic N) is 2. The van der Waals surface area contributed by atoms with Gasteiger partial charge in [-0.1, -0.05) is 35.9 Å². The van der Waals surface area contributed by atoms with Crippen LogP contribution in [0.3, 0.4) is 0 Å². The third kappa shape index (κ3) is 4.56. The number of benzene rings is 3. The zero-order valence-corrected chi connectivity index (χ0v) is 20.7. The van der Waals surface area contributed by atoms with Crippen molar-refractivity contribution in [2.45, 2.75) is 13.1 Å². The highest BCUT2D eigenvalue weighted by molar-refractivity contribution is 6.32. The summed E-state index contributed by atoms with van der Waals surface area (Å²) < 4.78 is 18.5. The number of methoxy groups -OCH3 is 2. The molecule has 1 amide bonds. The fourth-order valence-electron chi connectivity index (χ4n) is 4.18. The van der Waals surface area contributed by atoms with Gasteiger partial charge in [-0.15, -0.1) is 0 Å². The second kappa shape index (κ2) is 9.87. The molecular formula is C27H22ClN3O6. The molecule has 2 heterocycles. The molecule has 2 aromatic heterocycles. The Balaban J connectivity index is 1.59. The van der Waals surface area contributed by atoms with Crippen LogP contribution in [0.2, 0.25) is 5.02 Å². The van der Waals surface area contributed by atoms with Crippen LogP contribution in [0.5, 0.6) is 11.5 Å². The number of halogens is 1. The molecule has 0 radical (unpaired) electrons. The van der Waals surface area contributed by atoms with Crippen LogP contribution in [-0.2, 0) is 17.9 Å². The molecule has 0 aliphatic carbocycles. The number of anilines is 1. The summed E-state index contributed by atoms with van der Waals surface area (Å²) in [7, 11) is 3.05. The molecule has 37 heavy (non-hydrogen) atoms. The second-order valence-corrected chi connectivity index (χ2v) is 8.69. The van der Waals surface area contributed by atoms with Gasteiger partial charge in [-0.05, 0) is 48.0 Å². The van der Waals surface area contributed by atoms with Crippen molar-refractivity contribution >= 4 is 45.3 Å². The highest BCUT2D eigenvalue weighted by Crippen LogP contribution is 2.28. The van der Waals surface area contributed by atoms with E-state index in [4.69, 9.17) is 25.5 Å². The summed E-state index contributed by atoms with van der Waals surface area (Å²) in [6.07, 6.45) is 0. The van der Waals surface area contributed by atoms with Gasteiger partial charge in [0.05, 0.1) is 25.8 Å². The van der Waals surface area contributed by atoms with Crippen molar-refractivity contribution in [2.75, 3.05) is 19.5 Å². The first-order valence-corrected chi connectivity index (χ1v) is 11.7. The average Bonchev–Trinajstić information content (AvgIpc) is 3.29. The number of fused-ring (bicyclic) bond motifs is 3. The van der Waals surface area contributed by atoms with E-state index in [2.05, 4.69) is 5.32 Å². The van der Waals surface area contributed by atoms with E-state index in [-0.39, 0.29) is 24.2 Å². The Hall–Kier alpha value is -4.50. The summed E-state index contributed by atoms with van der Waals surface area (Å²) in [6, 6.07) is 18.8. The van der Waals surface area contributed by atoms with E-state index in [0.29, 0.717) is 38.7 Å². The predicted molar refractivity (Wildman–Crippen MR) is 141 cm³/mol. The fourth-order valence-corrected chi connectivity index (χ4v) is 4.44. The zero-order valence-electron chi connectivity index (χ0n) is 20.0. The number of aromatic nitrogens is 2. The minimum Gasteiger partial charge on any atom is -0.497 e. The zero-order chi connectivity index (χ0) is 26.1. The monoisotopic (exact) mass is 519 g/mol. The van der Waals surface area contributed by atoms with E-state index in [1.54, 1.807) is 73.8 Å². The van der Waals surface area contributed by atoms with Gasteiger partial charge >= 0.3 is 5.69 Å². The number of carbonyl (C=O) groups excluding carboxylic acids is 1. The first-order valence-electron chi connectivity index (χ1n) is 11.3. The van der Waals surface area contributed by atoms with Crippen LogP contribution in [0, 0.1) is 0 Å². The number of amides is 1. The standard InChI is InChI=1S/C27H22ClN3O6/c1-35-18-10-7-16(8-11-18)14-31-26(33)25-24(19-5-3-4-6-21(19)37-25)30(27(31)34)15-23(32)29-17-9-12-22(36-2)20(28)13-17/h3-13H,14-15H2,1-2H3,(H,29,32). The van der Waals surface area contributed by atoms with E-state index in [0.717, 1.165) is 4.57 Å². The number of hydrogen-bond donors (Lipinski definition) is 1. The maximum atomic E-state index is 13.6. The van der Waals surface area contributed by atoms with Crippen LogP contribution in [0.25, 0.3) is 22.1 Å². The van der Waals surface area contributed by atoms with Crippen LogP contribution in [-0.4, -0.2) is 29.3 Å². The van der Waals surface area contributed by atoms with Gasteiger partial charge < -0.3 is 19.2 Å². The summed E-state index contributed by atoms with van der Waals surface area (Å²) in [6.45, 7) is -0.365. The largest absolute Gasteiger partial charge is 0.497 e. The van der Waals surface area contributed by atoms with Crippen molar-refractivity contribution in [2.24, 2.45) is 0 Å². The smallest absolute Gasteiger partial charge is 0.332 e. The molecule has 0 saturated heterocycles. The van der Waals surface area contributed by atoms with Gasteiger partial charge in [-0.2, -0.15) is 0 Å². The summed E-state index contributed by atoms with van der Waals surface area (Å²) in [4.78, 5) is 40.1. The number of furan rings is 1. The van der Waals surface area contributed by atoms with Gasteiger partial charge in [-0.3, -0.25) is 18.7 Å². The molecule has 10 heteroatoms. The number of para-hydroxylation sites is 1. The van der Waals surface area contributed by atoms with E-state index in [9.17, 15) is 14.4 Å². The lowest BCUT2D eigenvalue weighted by Gasteiger charge is -2.13. The topological polar surface area (TPSA) is 105 Å². The lowest BCUT2D eigenvalue weighted by atomic mass is 10.2. The molecule has 0 fully saturated rings. The quantitative estimate of drug-likeness (QED) is 0.344. The molecule has 188 valence electrons. The third-order valence-corrected chi connectivity index (χ3v) is 6.27. The van der Waals surface area contributed by atoms with Gasteiger partial charge in [-0.25, -0.2) is 4.79 Å². The Morgan fingerprint density at radius 2 is 1.73 bits per heavy atom. The summed E-state index contributed by atoms with van der Waals surface area (Å²) in [5.41, 5.74) is 0.623. The molecule has 0 aliphatic rings. The molecule has 0 saturated carbocycles. The summed E-state index contributed by atoms with van der Waals surface area (Å²) in [5.74, 6) is 0.634. The Bertz CT molecular complexity index is 1750. The van der Waals surface area contributed by atoms with Crippen molar-refractivity contribution in [1.29, 1.82) is 0 Å². The van der Waals surface area contributed by atoms with Crippen LogP contribution >= 0.6 is 11.6 Å². The average molecular weight is 520 g/mol. The van der Waals surface area contributed by atoms with Crippen LogP contribution in [0.1, 0.15) is 5.56 Å². The van der Waals surface area contributed by atoms with Crippen LogP contribution in [0.4, 0.5) is 5.69 Å². The van der Waals surface area contributed by atoms with Crippen LogP contribution in [0.15, 0.2) is 80.7 Å². The predicted octanol–water partition coefficient (Wildman–Crippen LogP) is 4.27. The molecule has 0 unspecified atom stereocenters. The van der Waals surface area contributed by atoms with Crippen molar-refractivity contribution in [3.63, 3.8) is 0 Å². The highest BCUT2D eigenvalue weighted by Gasteiger charge is 2.21. The molecule has 1 N–H and O–H groups in total. The Morgan fingerprint density at radius 1 is 0.973 bits per heavy atom. The van der Waals surface area contributed by atoms with Gasteiger partial charge in [0.2, 0.25) is 11.5 Å². The summed E-state index contributed by atoms with van der Waals surface area (Å²) in [5, 5.41) is 3.63. The number of nitrogens with one attached hydrogen (secondary N) is 1. The maximum Gasteiger partial charge on any atom is 0.332 e. The molecule has 3 aromatic carbocycles. The first kappa shape index (κ1) is 24.2. The lowest BCUT2D eigenvalue weighted by Crippen LogP contribution is -2.41. The van der Waals surface area contributed by atoms with Crippen molar-refractivity contribution in [3.8, 4) is 11.5 Å². The Kier molecular flexibility index (Phi) is 6.45. The maximum absolute atomic E-state index is 13.6. The fraction of sp³-hybridized carbons (Fsp3) is 0.148. The third-order valence-electron chi connectivity index (χ3n) is 5.98. The molecule has 5 rings (SSSR count). The Morgan fingerprint density at radius 3 is 2.43 bits per heavy atom. The van der Waals surface area contributed by atoms with Gasteiger partial charge in [0.25, 0.3) is 5.56 Å². The molecule has 5 aromatic rings. The molecule has 9 nitrogen and oxygen atoms in total. The number of ether oxygens (including phenoxy) is 2. The molecule has 0 atom stereocenters. The van der Waals surface area contributed by atoms with Crippen molar-refractivity contribution in [3.05, 3.63) is 98.2 Å². The van der Waals surface area contributed by atoms with Crippen molar-refractivity contribution in [1.82, 2.24) is 9.13 Å². The molecule has 0 spiro atoms. The van der Waals surface area contributed by atoms with Crippen molar-refractivity contribution < 1.29 is 18.7 Å².